The van der Waals surface area contributed by atoms with Crippen molar-refractivity contribution in [3.05, 3.63) is 0 Å². The van der Waals surface area contributed by atoms with Crippen LogP contribution in [0.1, 0.15) is 25.7 Å². The minimum atomic E-state index is -3.50. The van der Waals surface area contributed by atoms with Crippen LogP contribution in [0.5, 0.6) is 0 Å². The highest BCUT2D eigenvalue weighted by Gasteiger charge is 2.33. The summed E-state index contributed by atoms with van der Waals surface area (Å²) >= 11 is 1.55. The SMILES string of the molecule is N#CC1CSCN1C(=O)CN(N)C1CCC(S(N)(=O)=O)CC1. The number of nitrogens with two attached hydrogens (primary N) is 2. The molecule has 2 fully saturated rings. The predicted molar refractivity (Wildman–Crippen MR) is 83.6 cm³/mol. The second kappa shape index (κ2) is 7.14. The average molecular weight is 347 g/mol. The lowest BCUT2D eigenvalue weighted by Gasteiger charge is -2.33. The van der Waals surface area contributed by atoms with E-state index >= 15 is 0 Å². The van der Waals surface area contributed by atoms with Crippen molar-refractivity contribution in [2.75, 3.05) is 18.2 Å². The number of amides is 1. The Hall–Kier alpha value is -0.860. The Morgan fingerprint density at radius 3 is 2.55 bits per heavy atom. The first-order valence-corrected chi connectivity index (χ1v) is 9.89. The number of thioether (sulfide) groups is 1. The zero-order valence-electron chi connectivity index (χ0n) is 12.2. The molecule has 0 bridgehead atoms. The third-order valence-corrected chi connectivity index (χ3v) is 6.66. The Bertz CT molecular complexity index is 554. The van der Waals surface area contributed by atoms with Gasteiger partial charge in [-0.15, -0.1) is 11.8 Å². The number of hydrazine groups is 1. The van der Waals surface area contributed by atoms with Crippen molar-refractivity contribution in [2.45, 2.75) is 43.0 Å². The number of hydrogen-bond acceptors (Lipinski definition) is 7. The molecule has 8 nitrogen and oxygen atoms in total. The van der Waals surface area contributed by atoms with E-state index in [1.807, 2.05) is 0 Å². The highest BCUT2D eigenvalue weighted by molar-refractivity contribution is 7.99. The molecule has 0 spiro atoms. The Morgan fingerprint density at radius 2 is 2.00 bits per heavy atom. The van der Waals surface area contributed by atoms with Crippen LogP contribution in [0.4, 0.5) is 0 Å². The van der Waals surface area contributed by atoms with Gasteiger partial charge in [-0.05, 0) is 25.7 Å². The number of carbonyl (C=O) groups is 1. The van der Waals surface area contributed by atoms with Gasteiger partial charge >= 0.3 is 0 Å². The van der Waals surface area contributed by atoms with Gasteiger partial charge in [0.2, 0.25) is 15.9 Å². The summed E-state index contributed by atoms with van der Waals surface area (Å²) in [5, 5.41) is 15.1. The molecular weight excluding hydrogens is 326 g/mol. The molecule has 22 heavy (non-hydrogen) atoms. The molecule has 0 radical (unpaired) electrons. The number of primary sulfonamides is 1. The van der Waals surface area contributed by atoms with Gasteiger partial charge in [-0.2, -0.15) is 5.26 Å². The lowest BCUT2D eigenvalue weighted by atomic mass is 9.94. The molecule has 1 unspecified atom stereocenters. The summed E-state index contributed by atoms with van der Waals surface area (Å²) in [7, 11) is -3.50. The van der Waals surface area contributed by atoms with Crippen LogP contribution >= 0.6 is 11.8 Å². The molecule has 1 saturated heterocycles. The molecule has 124 valence electrons. The quantitative estimate of drug-likeness (QED) is 0.501. The summed E-state index contributed by atoms with van der Waals surface area (Å²) < 4.78 is 22.6. The maximum Gasteiger partial charge on any atom is 0.239 e. The minimum absolute atomic E-state index is 0.0299. The molecule has 1 saturated carbocycles. The molecule has 2 aliphatic rings. The van der Waals surface area contributed by atoms with Crippen LogP contribution in [-0.2, 0) is 14.8 Å². The second-order valence-corrected chi connectivity index (χ2v) is 8.54. The van der Waals surface area contributed by atoms with E-state index in [4.69, 9.17) is 16.2 Å². The van der Waals surface area contributed by atoms with Gasteiger partial charge < -0.3 is 4.90 Å². The first-order valence-electron chi connectivity index (χ1n) is 7.12. The number of sulfonamides is 1. The fourth-order valence-electron chi connectivity index (χ4n) is 2.88. The summed E-state index contributed by atoms with van der Waals surface area (Å²) in [6, 6.07) is 1.70. The van der Waals surface area contributed by atoms with Crippen LogP contribution in [0.15, 0.2) is 0 Å². The number of rotatable bonds is 4. The zero-order valence-corrected chi connectivity index (χ0v) is 13.9. The number of hydrogen-bond donors (Lipinski definition) is 2. The van der Waals surface area contributed by atoms with E-state index in [1.54, 1.807) is 16.7 Å². The highest BCUT2D eigenvalue weighted by Crippen LogP contribution is 2.26. The van der Waals surface area contributed by atoms with Crippen molar-refractivity contribution in [3.63, 3.8) is 0 Å². The van der Waals surface area contributed by atoms with E-state index in [0.29, 0.717) is 37.3 Å². The first kappa shape index (κ1) is 17.5. The van der Waals surface area contributed by atoms with E-state index < -0.39 is 15.3 Å². The zero-order chi connectivity index (χ0) is 16.3. The summed E-state index contributed by atoms with van der Waals surface area (Å²) in [4.78, 5) is 13.8. The summed E-state index contributed by atoms with van der Waals surface area (Å²) in [6.45, 7) is 0.0451. The normalized spacial score (nSPS) is 29.5. The average Bonchev–Trinajstić information content (AvgIpc) is 2.95. The van der Waals surface area contributed by atoms with E-state index in [0.717, 1.165) is 0 Å². The van der Waals surface area contributed by atoms with Gasteiger partial charge in [0.05, 0.1) is 23.7 Å². The van der Waals surface area contributed by atoms with Crippen LogP contribution in [-0.4, -0.2) is 59.7 Å². The third kappa shape index (κ3) is 4.11. The Balaban J connectivity index is 1.85. The minimum Gasteiger partial charge on any atom is -0.315 e. The Kier molecular flexibility index (Phi) is 5.68. The fourth-order valence-corrected chi connectivity index (χ4v) is 4.91. The van der Waals surface area contributed by atoms with Crippen LogP contribution in [0.3, 0.4) is 0 Å². The van der Waals surface area contributed by atoms with Gasteiger partial charge in [0.1, 0.15) is 6.04 Å². The topological polar surface area (TPSA) is 134 Å². The van der Waals surface area contributed by atoms with Gasteiger partial charge in [0.25, 0.3) is 0 Å². The van der Waals surface area contributed by atoms with Gasteiger partial charge in [-0.1, -0.05) is 0 Å². The van der Waals surface area contributed by atoms with E-state index in [2.05, 4.69) is 6.07 Å². The molecule has 1 aliphatic heterocycles. The standard InChI is InChI=1S/C12H21N5O3S2/c13-5-10-7-21-8-16(10)12(18)6-17(14)9-1-3-11(4-2-9)22(15,19)20/h9-11H,1-4,6-8,14H2,(H2,15,19,20). The fraction of sp³-hybridized carbons (Fsp3) is 0.833. The van der Waals surface area contributed by atoms with Crippen molar-refractivity contribution in [3.8, 4) is 6.07 Å². The van der Waals surface area contributed by atoms with Crippen molar-refractivity contribution in [1.82, 2.24) is 9.91 Å². The van der Waals surface area contributed by atoms with Crippen molar-refractivity contribution < 1.29 is 13.2 Å². The molecule has 1 atom stereocenters. The molecule has 0 aromatic heterocycles. The van der Waals surface area contributed by atoms with Gasteiger partial charge in [0.15, 0.2) is 0 Å². The summed E-state index contributed by atoms with van der Waals surface area (Å²) in [6.07, 6.45) is 2.13. The van der Waals surface area contributed by atoms with Crippen molar-refractivity contribution >= 4 is 27.7 Å². The number of carbonyl (C=O) groups excluding carboxylic acids is 1. The van der Waals surface area contributed by atoms with Crippen LogP contribution < -0.4 is 11.0 Å². The summed E-state index contributed by atoms with van der Waals surface area (Å²) in [5.74, 6) is 6.96. The molecular formula is C12H21N5O3S2. The van der Waals surface area contributed by atoms with E-state index in [1.165, 1.54) is 5.01 Å². The molecule has 1 heterocycles. The van der Waals surface area contributed by atoms with Crippen LogP contribution in [0, 0.1) is 11.3 Å². The Morgan fingerprint density at radius 1 is 1.36 bits per heavy atom. The monoisotopic (exact) mass is 347 g/mol. The molecule has 2 rings (SSSR count). The van der Waals surface area contributed by atoms with Crippen molar-refractivity contribution in [1.29, 1.82) is 5.26 Å². The summed E-state index contributed by atoms with van der Waals surface area (Å²) in [5.41, 5.74) is 0. The highest BCUT2D eigenvalue weighted by atomic mass is 32.2. The van der Waals surface area contributed by atoms with Gasteiger partial charge in [0, 0.05) is 11.8 Å². The van der Waals surface area contributed by atoms with E-state index in [-0.39, 0.29) is 24.5 Å². The predicted octanol–water partition coefficient (Wildman–Crippen LogP) is -0.813. The second-order valence-electron chi connectivity index (χ2n) is 5.70. The Labute approximate surface area is 134 Å². The molecule has 0 aromatic carbocycles. The first-order chi connectivity index (χ1) is 10.3. The number of nitriles is 1. The maximum atomic E-state index is 12.2. The molecule has 0 aromatic rings. The smallest absolute Gasteiger partial charge is 0.239 e. The van der Waals surface area contributed by atoms with Crippen molar-refractivity contribution in [2.24, 2.45) is 11.0 Å². The van der Waals surface area contributed by atoms with E-state index in [9.17, 15) is 13.2 Å². The molecule has 1 aliphatic carbocycles. The largest absolute Gasteiger partial charge is 0.315 e. The van der Waals surface area contributed by atoms with Crippen LogP contribution in [0.2, 0.25) is 0 Å². The lowest BCUT2D eigenvalue weighted by Crippen LogP contribution is -2.51. The molecule has 10 heteroatoms. The third-order valence-electron chi connectivity index (χ3n) is 4.25. The van der Waals surface area contributed by atoms with Gasteiger partial charge in [-0.25, -0.2) is 18.6 Å². The maximum absolute atomic E-state index is 12.2. The molecule has 4 N–H and O–H groups in total. The lowest BCUT2D eigenvalue weighted by molar-refractivity contribution is -0.132. The number of nitrogens with zero attached hydrogens (tertiary/aromatic N) is 3. The van der Waals surface area contributed by atoms with Crippen LogP contribution in [0.25, 0.3) is 0 Å². The molecule has 1 amide bonds. The van der Waals surface area contributed by atoms with Gasteiger partial charge in [-0.3, -0.25) is 10.6 Å².